The molecule has 4 heteroatoms. The summed E-state index contributed by atoms with van der Waals surface area (Å²) in [5.41, 5.74) is 3.14. The van der Waals surface area contributed by atoms with Crippen molar-refractivity contribution in [1.29, 1.82) is 0 Å². The quantitative estimate of drug-likeness (QED) is 0.716. The Balaban J connectivity index is 1.44. The smallest absolute Gasteiger partial charge is 0.114 e. The molecule has 0 aromatic heterocycles. The van der Waals surface area contributed by atoms with E-state index in [2.05, 4.69) is 30.9 Å². The van der Waals surface area contributed by atoms with E-state index in [0.717, 1.165) is 19.0 Å². The molecule has 164 valence electrons. The van der Waals surface area contributed by atoms with Crippen LogP contribution in [0.25, 0.3) is 0 Å². The van der Waals surface area contributed by atoms with E-state index in [4.69, 9.17) is 0 Å². The van der Waals surface area contributed by atoms with Crippen molar-refractivity contribution in [1.82, 2.24) is 4.90 Å². The van der Waals surface area contributed by atoms with E-state index < -0.39 is 18.4 Å². The predicted octanol–water partition coefficient (Wildman–Crippen LogP) is 4.64. The lowest BCUT2D eigenvalue weighted by molar-refractivity contribution is 0.0609. The first kappa shape index (κ1) is 21.5. The normalized spacial score (nSPS) is 45.1. The van der Waals surface area contributed by atoms with Gasteiger partial charge in [0.1, 0.15) is 6.17 Å². The van der Waals surface area contributed by atoms with Crippen LogP contribution in [0.3, 0.4) is 0 Å². The van der Waals surface area contributed by atoms with Crippen LogP contribution >= 0.6 is 0 Å². The third kappa shape index (κ3) is 4.65. The summed E-state index contributed by atoms with van der Waals surface area (Å²) in [6.45, 7) is 7.52. The maximum atomic E-state index is 13.6. The number of allylic oxidation sites excluding steroid dienone is 3. The molecule has 0 aromatic carbocycles. The number of halogens is 1. The second kappa shape index (κ2) is 8.80. The molecule has 1 heterocycles. The molecule has 3 saturated carbocycles. The third-order valence-corrected chi connectivity index (χ3v) is 8.56. The minimum absolute atomic E-state index is 0.364. The van der Waals surface area contributed by atoms with E-state index in [1.54, 1.807) is 5.57 Å². The van der Waals surface area contributed by atoms with Crippen LogP contribution in [0, 0.1) is 23.2 Å². The van der Waals surface area contributed by atoms with Gasteiger partial charge in [-0.15, -0.1) is 0 Å². The monoisotopic (exact) mass is 405 g/mol. The SMILES string of the molecule is C[C@@H](CN1CC[C@@H](F)C1)[C@H]1CC[C@H]2/C(=C/C=C3/C[C@@H](O)C[C@@H](O)C3)CCC[C@]12C. The molecule has 4 rings (SSSR count). The van der Waals surface area contributed by atoms with Crippen LogP contribution in [0.5, 0.6) is 0 Å². The number of nitrogens with zero attached hydrogens (tertiary/aromatic N) is 1. The van der Waals surface area contributed by atoms with Gasteiger partial charge in [-0.05, 0) is 81.0 Å². The molecule has 7 atom stereocenters. The van der Waals surface area contributed by atoms with Crippen molar-refractivity contribution in [3.8, 4) is 0 Å². The van der Waals surface area contributed by atoms with E-state index in [1.807, 2.05) is 0 Å². The molecule has 2 N–H and O–H groups in total. The molecule has 4 aliphatic rings. The molecule has 0 aromatic rings. The molecule has 3 aliphatic carbocycles. The van der Waals surface area contributed by atoms with Crippen LogP contribution in [0.1, 0.15) is 71.6 Å². The molecule has 1 aliphatic heterocycles. The summed E-state index contributed by atoms with van der Waals surface area (Å²) in [6, 6.07) is 0. The fraction of sp³-hybridized carbons (Fsp3) is 0.840. The Morgan fingerprint density at radius 2 is 1.93 bits per heavy atom. The highest BCUT2D eigenvalue weighted by atomic mass is 19.1. The van der Waals surface area contributed by atoms with E-state index >= 15 is 0 Å². The predicted molar refractivity (Wildman–Crippen MR) is 115 cm³/mol. The number of rotatable bonds is 4. The highest BCUT2D eigenvalue weighted by Crippen LogP contribution is 2.59. The Hall–Kier alpha value is -0.710. The summed E-state index contributed by atoms with van der Waals surface area (Å²) in [4.78, 5) is 2.34. The highest BCUT2D eigenvalue weighted by molar-refractivity contribution is 5.26. The van der Waals surface area contributed by atoms with E-state index in [-0.39, 0.29) is 0 Å². The highest BCUT2D eigenvalue weighted by Gasteiger charge is 2.50. The molecular formula is C25H40FNO2. The first-order valence-electron chi connectivity index (χ1n) is 12.0. The zero-order valence-electron chi connectivity index (χ0n) is 18.3. The molecule has 0 amide bonds. The van der Waals surface area contributed by atoms with Gasteiger partial charge >= 0.3 is 0 Å². The molecule has 29 heavy (non-hydrogen) atoms. The number of hydrogen-bond donors (Lipinski definition) is 2. The van der Waals surface area contributed by atoms with Gasteiger partial charge in [-0.25, -0.2) is 4.39 Å². The van der Waals surface area contributed by atoms with Crippen LogP contribution in [0.15, 0.2) is 23.3 Å². The minimum Gasteiger partial charge on any atom is -0.393 e. The number of hydrogen-bond acceptors (Lipinski definition) is 3. The number of fused-ring (bicyclic) bond motifs is 1. The fourth-order valence-corrected chi connectivity index (χ4v) is 7.23. The zero-order valence-corrected chi connectivity index (χ0v) is 18.3. The first-order valence-corrected chi connectivity index (χ1v) is 12.0. The second-order valence-corrected chi connectivity index (χ2v) is 10.7. The molecule has 0 radical (unpaired) electrons. The topological polar surface area (TPSA) is 43.7 Å². The summed E-state index contributed by atoms with van der Waals surface area (Å²) in [5, 5.41) is 19.9. The lowest BCUT2D eigenvalue weighted by Crippen LogP contribution is -2.39. The van der Waals surface area contributed by atoms with Crippen LogP contribution in [0.4, 0.5) is 4.39 Å². The van der Waals surface area contributed by atoms with Gasteiger partial charge in [-0.1, -0.05) is 37.1 Å². The molecular weight excluding hydrogens is 365 g/mol. The van der Waals surface area contributed by atoms with Gasteiger partial charge in [-0.3, -0.25) is 0 Å². The van der Waals surface area contributed by atoms with Crippen LogP contribution < -0.4 is 0 Å². The second-order valence-electron chi connectivity index (χ2n) is 10.7. The molecule has 3 nitrogen and oxygen atoms in total. The van der Waals surface area contributed by atoms with E-state index in [0.29, 0.717) is 49.5 Å². The Labute approximate surface area is 176 Å². The fourth-order valence-electron chi connectivity index (χ4n) is 7.23. The van der Waals surface area contributed by atoms with Crippen molar-refractivity contribution in [3.05, 3.63) is 23.3 Å². The molecule has 4 fully saturated rings. The van der Waals surface area contributed by atoms with Gasteiger partial charge in [-0.2, -0.15) is 0 Å². The molecule has 0 unspecified atom stereocenters. The minimum atomic E-state index is -0.622. The van der Waals surface area contributed by atoms with Crippen molar-refractivity contribution >= 4 is 0 Å². The average molecular weight is 406 g/mol. The number of likely N-dealkylation sites (tertiary alicyclic amines) is 1. The maximum absolute atomic E-state index is 13.6. The average Bonchev–Trinajstić information content (AvgIpc) is 3.21. The van der Waals surface area contributed by atoms with Crippen LogP contribution in [-0.4, -0.2) is 53.1 Å². The first-order chi connectivity index (χ1) is 13.8. The molecule has 0 spiro atoms. The van der Waals surface area contributed by atoms with Crippen molar-refractivity contribution < 1.29 is 14.6 Å². The van der Waals surface area contributed by atoms with Gasteiger partial charge in [0.25, 0.3) is 0 Å². The standard InChI is InChI=1S/C25H40FNO2/c1-17(15-27-11-9-20(26)16-27)23-7-8-24-19(4-3-10-25(23,24)2)6-5-18-12-21(28)14-22(29)13-18/h5-6,17,20-24,28-29H,3-4,7-16H2,1-2H3/b18-5-,19-6+/t17-,20+,21+,22-,23+,24-,25+/m0/s1. The van der Waals surface area contributed by atoms with Crippen molar-refractivity contribution in [3.63, 3.8) is 0 Å². The summed E-state index contributed by atoms with van der Waals surface area (Å²) in [6.07, 6.45) is 12.1. The van der Waals surface area contributed by atoms with Gasteiger partial charge in [0, 0.05) is 19.6 Å². The lowest BCUT2D eigenvalue weighted by Gasteiger charge is -2.45. The van der Waals surface area contributed by atoms with Crippen LogP contribution in [-0.2, 0) is 0 Å². The molecule has 0 bridgehead atoms. The van der Waals surface area contributed by atoms with E-state index in [1.165, 1.54) is 37.7 Å². The zero-order chi connectivity index (χ0) is 20.6. The summed E-state index contributed by atoms with van der Waals surface area (Å²) < 4.78 is 13.6. The Morgan fingerprint density at radius 3 is 2.62 bits per heavy atom. The maximum Gasteiger partial charge on any atom is 0.114 e. The summed E-state index contributed by atoms with van der Waals surface area (Å²) >= 11 is 0. The largest absolute Gasteiger partial charge is 0.393 e. The number of alkyl halides is 1. The Kier molecular flexibility index (Phi) is 6.53. The molecule has 1 saturated heterocycles. The lowest BCUT2D eigenvalue weighted by atomic mass is 9.61. The van der Waals surface area contributed by atoms with Gasteiger partial charge in [0.15, 0.2) is 0 Å². The van der Waals surface area contributed by atoms with Crippen LogP contribution in [0.2, 0.25) is 0 Å². The van der Waals surface area contributed by atoms with Gasteiger partial charge < -0.3 is 15.1 Å². The third-order valence-electron chi connectivity index (χ3n) is 8.56. The van der Waals surface area contributed by atoms with E-state index in [9.17, 15) is 14.6 Å². The Morgan fingerprint density at radius 1 is 1.17 bits per heavy atom. The van der Waals surface area contributed by atoms with Crippen molar-refractivity contribution in [2.45, 2.75) is 90.0 Å². The van der Waals surface area contributed by atoms with Crippen molar-refractivity contribution in [2.75, 3.05) is 19.6 Å². The number of aliphatic hydroxyl groups excluding tert-OH is 2. The number of aliphatic hydroxyl groups is 2. The van der Waals surface area contributed by atoms with Gasteiger partial charge in [0.2, 0.25) is 0 Å². The van der Waals surface area contributed by atoms with Gasteiger partial charge in [0.05, 0.1) is 12.2 Å². The summed E-state index contributed by atoms with van der Waals surface area (Å²) in [5.74, 6) is 2.00. The Bertz CT molecular complexity index is 635. The summed E-state index contributed by atoms with van der Waals surface area (Å²) in [7, 11) is 0. The van der Waals surface area contributed by atoms with Crippen molar-refractivity contribution in [2.24, 2.45) is 23.2 Å².